The number of thiophene rings is 1. The minimum Gasteiger partial charge on any atom is -0.455 e. The van der Waals surface area contributed by atoms with Gasteiger partial charge in [-0.3, -0.25) is 0 Å². The Labute approximate surface area is 377 Å². The van der Waals surface area contributed by atoms with Crippen LogP contribution in [-0.4, -0.2) is 4.57 Å². The number of fused-ring (bicyclic) bond motifs is 12. The van der Waals surface area contributed by atoms with Gasteiger partial charge in [0.15, 0.2) is 0 Å². The molecular weight excluding hydrogens is 813 g/mol. The number of aromatic nitrogens is 1. The summed E-state index contributed by atoms with van der Waals surface area (Å²) in [5.74, 6) is 0. The fraction of sp³-hybridized carbons (Fsp3) is 0. The molecule has 0 fully saturated rings. The highest BCUT2D eigenvalue weighted by atomic mass is 32.1. The summed E-state index contributed by atoms with van der Waals surface area (Å²) in [5, 5.41) is 9.41. The summed E-state index contributed by atoms with van der Waals surface area (Å²) in [6, 6.07) is 78.4. The smallest absolute Gasteiger partial charge is 0.145 e. The number of para-hydroxylation sites is 5. The highest BCUT2D eigenvalue weighted by Crippen LogP contribution is 2.50. The number of hydrogen-bond acceptors (Lipinski definition) is 4. The number of rotatable bonds is 6. The lowest BCUT2D eigenvalue weighted by Gasteiger charge is -2.28. The zero-order chi connectivity index (χ0) is 42.6. The highest BCUT2D eigenvalue weighted by Gasteiger charge is 2.25. The monoisotopic (exact) mass is 848 g/mol. The Morgan fingerprint density at radius 3 is 1.65 bits per heavy atom. The molecule has 0 aliphatic carbocycles. The topological polar surface area (TPSA) is 34.5 Å². The van der Waals surface area contributed by atoms with Crippen LogP contribution in [0.3, 0.4) is 0 Å². The zero-order valence-corrected chi connectivity index (χ0v) is 35.7. The van der Waals surface area contributed by atoms with Gasteiger partial charge in [0.1, 0.15) is 22.3 Å². The summed E-state index contributed by atoms with van der Waals surface area (Å²) in [6.07, 6.45) is 0. The third-order valence-corrected chi connectivity index (χ3v) is 14.4. The number of furan rings is 2. The van der Waals surface area contributed by atoms with E-state index in [-0.39, 0.29) is 0 Å². The second-order valence-corrected chi connectivity index (χ2v) is 17.8. The lowest BCUT2D eigenvalue weighted by Crippen LogP contribution is -2.11. The number of nitrogens with zero attached hydrogens (tertiary/aromatic N) is 2. The molecule has 304 valence electrons. The van der Waals surface area contributed by atoms with Crippen molar-refractivity contribution in [1.82, 2.24) is 4.57 Å². The largest absolute Gasteiger partial charge is 0.455 e. The molecule has 65 heavy (non-hydrogen) atoms. The standard InChI is InChI=1S/C60H36N2O2S/c1-6-21-50-42(13-1)43-14-2-7-22-51(43)61(50)39-33-29-38(30-34-39)57-52(36-35-48-45-16-4-9-25-55(45)64-59(48)57)62(53-23-12-20-49-46-17-5-10-26-56(46)65-60(49)53)40-31-27-37(28-32-40)41-18-11-19-47-44-15-3-8-24-54(44)63-58(41)47/h1-36H. The quantitative estimate of drug-likeness (QED) is 0.167. The Kier molecular flexibility index (Phi) is 7.82. The van der Waals surface area contributed by atoms with Gasteiger partial charge in [-0.2, -0.15) is 0 Å². The summed E-state index contributed by atoms with van der Waals surface area (Å²) in [4.78, 5) is 2.44. The molecule has 0 bridgehead atoms. The van der Waals surface area contributed by atoms with E-state index in [1.54, 1.807) is 0 Å². The van der Waals surface area contributed by atoms with Gasteiger partial charge < -0.3 is 18.3 Å². The van der Waals surface area contributed by atoms with Crippen molar-refractivity contribution in [3.05, 3.63) is 218 Å². The summed E-state index contributed by atoms with van der Waals surface area (Å²) < 4.78 is 18.3. The van der Waals surface area contributed by atoms with Gasteiger partial charge in [-0.25, -0.2) is 0 Å². The maximum atomic E-state index is 6.96. The molecule has 0 amide bonds. The van der Waals surface area contributed by atoms with Crippen molar-refractivity contribution in [2.45, 2.75) is 0 Å². The maximum Gasteiger partial charge on any atom is 0.145 e. The average molecular weight is 849 g/mol. The molecule has 5 heteroatoms. The van der Waals surface area contributed by atoms with Gasteiger partial charge >= 0.3 is 0 Å². The van der Waals surface area contributed by atoms with Crippen LogP contribution < -0.4 is 4.90 Å². The first-order valence-corrected chi connectivity index (χ1v) is 22.8. The maximum absolute atomic E-state index is 6.96. The van der Waals surface area contributed by atoms with Crippen molar-refractivity contribution in [3.8, 4) is 27.9 Å². The van der Waals surface area contributed by atoms with Crippen LogP contribution in [0.15, 0.2) is 227 Å². The molecular formula is C60H36N2O2S. The zero-order valence-electron chi connectivity index (χ0n) is 34.9. The molecule has 0 N–H and O–H groups in total. The molecule has 10 aromatic carbocycles. The Bertz CT molecular complexity index is 4130. The number of benzene rings is 10. The molecule has 0 aliphatic rings. The van der Waals surface area contributed by atoms with Crippen molar-refractivity contribution in [1.29, 1.82) is 0 Å². The fourth-order valence-electron chi connectivity index (χ4n) is 10.3. The van der Waals surface area contributed by atoms with Crippen molar-refractivity contribution in [2.24, 2.45) is 0 Å². The van der Waals surface area contributed by atoms with E-state index in [1.807, 2.05) is 29.5 Å². The minimum atomic E-state index is 0.856. The minimum absolute atomic E-state index is 0.856. The lowest BCUT2D eigenvalue weighted by atomic mass is 9.97. The van der Waals surface area contributed by atoms with Gasteiger partial charge in [-0.1, -0.05) is 146 Å². The third kappa shape index (κ3) is 5.43. The molecule has 14 aromatic rings. The van der Waals surface area contributed by atoms with Gasteiger partial charge in [0.05, 0.1) is 27.1 Å². The average Bonchev–Trinajstić information content (AvgIpc) is 4.14. The summed E-state index contributed by atoms with van der Waals surface area (Å²) in [7, 11) is 0. The molecule has 14 rings (SSSR count). The van der Waals surface area contributed by atoms with E-state index in [4.69, 9.17) is 8.83 Å². The molecule has 4 aromatic heterocycles. The van der Waals surface area contributed by atoms with Crippen molar-refractivity contribution < 1.29 is 8.83 Å². The van der Waals surface area contributed by atoms with Gasteiger partial charge in [0.2, 0.25) is 0 Å². The van der Waals surface area contributed by atoms with Crippen LogP contribution in [0.5, 0.6) is 0 Å². The van der Waals surface area contributed by atoms with Crippen molar-refractivity contribution >= 4 is 114 Å². The van der Waals surface area contributed by atoms with Gasteiger partial charge in [-0.15, -0.1) is 11.3 Å². The molecule has 0 aliphatic heterocycles. The molecule has 0 saturated heterocycles. The Morgan fingerprint density at radius 1 is 0.369 bits per heavy atom. The van der Waals surface area contributed by atoms with Gasteiger partial charge in [-0.05, 0) is 83.9 Å². The second kappa shape index (κ2) is 14.1. The summed E-state index contributed by atoms with van der Waals surface area (Å²) in [6.45, 7) is 0. The van der Waals surface area contributed by atoms with Crippen LogP contribution >= 0.6 is 11.3 Å². The van der Waals surface area contributed by atoms with E-state index < -0.39 is 0 Å². The van der Waals surface area contributed by atoms with E-state index in [1.165, 1.54) is 42.0 Å². The van der Waals surface area contributed by atoms with E-state index in [0.29, 0.717) is 0 Å². The first-order chi connectivity index (χ1) is 32.2. The normalized spacial score (nSPS) is 12.0. The molecule has 0 saturated carbocycles. The van der Waals surface area contributed by atoms with E-state index in [2.05, 4.69) is 210 Å². The fourth-order valence-corrected chi connectivity index (χ4v) is 11.5. The van der Waals surface area contributed by atoms with Crippen molar-refractivity contribution in [2.75, 3.05) is 4.90 Å². The van der Waals surface area contributed by atoms with Crippen molar-refractivity contribution in [3.63, 3.8) is 0 Å². The Hall–Kier alpha value is -8.38. The first-order valence-electron chi connectivity index (χ1n) is 22.0. The van der Waals surface area contributed by atoms with Crippen LogP contribution in [0, 0.1) is 0 Å². The molecule has 0 radical (unpaired) electrons. The molecule has 0 unspecified atom stereocenters. The summed E-state index contributed by atoms with van der Waals surface area (Å²) >= 11 is 1.84. The van der Waals surface area contributed by atoms with Crippen LogP contribution in [-0.2, 0) is 0 Å². The molecule has 0 spiro atoms. The predicted molar refractivity (Wildman–Crippen MR) is 274 cm³/mol. The lowest BCUT2D eigenvalue weighted by molar-refractivity contribution is 0.669. The van der Waals surface area contributed by atoms with E-state index >= 15 is 0 Å². The number of anilines is 3. The molecule has 0 atom stereocenters. The molecule has 4 nitrogen and oxygen atoms in total. The predicted octanol–water partition coefficient (Wildman–Crippen LogP) is 17.8. The summed E-state index contributed by atoms with van der Waals surface area (Å²) in [5.41, 5.74) is 14.4. The van der Waals surface area contributed by atoms with Crippen LogP contribution in [0.25, 0.3) is 114 Å². The van der Waals surface area contributed by atoms with E-state index in [0.717, 1.165) is 88.9 Å². The van der Waals surface area contributed by atoms with Crippen LogP contribution in [0.2, 0.25) is 0 Å². The highest BCUT2D eigenvalue weighted by molar-refractivity contribution is 7.26. The van der Waals surface area contributed by atoms with Gasteiger partial charge in [0, 0.05) is 70.3 Å². The SMILES string of the molecule is c1ccc2c(c1)oc1c(-c3ccc(N(c4ccc5c(oc6ccccc65)c4-c4ccc(-n5c6ccccc6c6ccccc65)cc4)c4cccc5c4sc4ccccc45)cc3)cccc12. The Morgan fingerprint density at radius 2 is 0.923 bits per heavy atom. The number of hydrogen-bond donors (Lipinski definition) is 0. The van der Waals surface area contributed by atoms with Crippen LogP contribution in [0.4, 0.5) is 17.1 Å². The van der Waals surface area contributed by atoms with E-state index in [9.17, 15) is 0 Å². The second-order valence-electron chi connectivity index (χ2n) is 16.8. The third-order valence-electron chi connectivity index (χ3n) is 13.2. The van der Waals surface area contributed by atoms with Gasteiger partial charge in [0.25, 0.3) is 0 Å². The van der Waals surface area contributed by atoms with Crippen LogP contribution in [0.1, 0.15) is 0 Å². The molecule has 4 heterocycles. The first kappa shape index (κ1) is 36.1. The Balaban J connectivity index is 1.01.